The molecule has 2 rings (SSSR count). The molecular formula is C16H15ClN2O3. The summed E-state index contributed by atoms with van der Waals surface area (Å²) in [5.74, 6) is -0.835. The maximum Gasteiger partial charge on any atom is 0.259 e. The third kappa shape index (κ3) is 3.56. The summed E-state index contributed by atoms with van der Waals surface area (Å²) in [5.41, 5.74) is 0.979. The van der Waals surface area contributed by atoms with Gasteiger partial charge in [-0.3, -0.25) is 9.59 Å². The highest BCUT2D eigenvalue weighted by molar-refractivity contribution is 6.31. The molecule has 0 atom stereocenters. The van der Waals surface area contributed by atoms with Gasteiger partial charge in [0.15, 0.2) is 0 Å². The normalized spacial score (nSPS) is 10.1. The number of nitrogens with one attached hydrogen (secondary N) is 1. The number of hydrogen-bond donors (Lipinski definition) is 2. The third-order valence-corrected chi connectivity index (χ3v) is 3.21. The number of benzene rings is 2. The second-order valence-corrected chi connectivity index (χ2v) is 5.33. The van der Waals surface area contributed by atoms with Crippen LogP contribution in [0.25, 0.3) is 0 Å². The van der Waals surface area contributed by atoms with E-state index < -0.39 is 5.91 Å². The molecular weight excluding hydrogens is 304 g/mol. The van der Waals surface area contributed by atoms with Crippen molar-refractivity contribution in [3.63, 3.8) is 0 Å². The Hall–Kier alpha value is -2.53. The standard InChI is InChI=1S/C16H15ClN2O3/c1-19(2)16(22)10-4-3-5-12(8-10)18-15(21)13-9-11(17)6-7-14(13)20/h3-9,20H,1-2H3,(H,18,21). The van der Waals surface area contributed by atoms with Gasteiger partial charge >= 0.3 is 0 Å². The summed E-state index contributed by atoms with van der Waals surface area (Å²) in [4.78, 5) is 25.5. The van der Waals surface area contributed by atoms with E-state index in [1.54, 1.807) is 38.4 Å². The molecule has 0 saturated heterocycles. The summed E-state index contributed by atoms with van der Waals surface area (Å²) in [6.07, 6.45) is 0. The first-order valence-electron chi connectivity index (χ1n) is 6.50. The number of rotatable bonds is 3. The predicted octanol–water partition coefficient (Wildman–Crippen LogP) is 3.00. The second kappa shape index (κ2) is 6.49. The van der Waals surface area contributed by atoms with Crippen LogP contribution in [-0.4, -0.2) is 35.9 Å². The second-order valence-electron chi connectivity index (χ2n) is 4.90. The minimum atomic E-state index is -0.505. The van der Waals surface area contributed by atoms with Crippen LogP contribution >= 0.6 is 11.6 Å². The van der Waals surface area contributed by atoms with Crippen molar-refractivity contribution in [2.45, 2.75) is 0 Å². The third-order valence-electron chi connectivity index (χ3n) is 2.98. The summed E-state index contributed by atoms with van der Waals surface area (Å²) in [6.45, 7) is 0. The van der Waals surface area contributed by atoms with Gasteiger partial charge in [-0.15, -0.1) is 0 Å². The zero-order chi connectivity index (χ0) is 16.3. The molecule has 114 valence electrons. The van der Waals surface area contributed by atoms with Gasteiger partial charge in [0.25, 0.3) is 11.8 Å². The van der Waals surface area contributed by atoms with E-state index in [-0.39, 0.29) is 17.2 Å². The highest BCUT2D eigenvalue weighted by Gasteiger charge is 2.13. The number of phenolic OH excluding ortho intramolecular Hbond substituents is 1. The van der Waals surface area contributed by atoms with Crippen molar-refractivity contribution in [3.05, 3.63) is 58.6 Å². The molecule has 2 aromatic rings. The Kier molecular flexibility index (Phi) is 4.68. The zero-order valence-electron chi connectivity index (χ0n) is 12.1. The van der Waals surface area contributed by atoms with E-state index >= 15 is 0 Å². The lowest BCUT2D eigenvalue weighted by Gasteiger charge is -2.12. The lowest BCUT2D eigenvalue weighted by molar-refractivity contribution is 0.0827. The zero-order valence-corrected chi connectivity index (χ0v) is 12.9. The van der Waals surface area contributed by atoms with Crippen molar-refractivity contribution in [3.8, 4) is 5.75 Å². The van der Waals surface area contributed by atoms with Crippen LogP contribution in [0.5, 0.6) is 5.75 Å². The van der Waals surface area contributed by atoms with Crippen LogP contribution in [0.2, 0.25) is 5.02 Å². The summed E-state index contributed by atoms with van der Waals surface area (Å²) >= 11 is 5.82. The topological polar surface area (TPSA) is 69.6 Å². The van der Waals surface area contributed by atoms with Crippen molar-refractivity contribution in [2.24, 2.45) is 0 Å². The van der Waals surface area contributed by atoms with E-state index in [4.69, 9.17) is 11.6 Å². The molecule has 0 aliphatic carbocycles. The maximum atomic E-state index is 12.2. The van der Waals surface area contributed by atoms with Crippen LogP contribution in [0.15, 0.2) is 42.5 Å². The first-order chi connectivity index (χ1) is 10.4. The molecule has 2 N–H and O–H groups in total. The summed E-state index contributed by atoms with van der Waals surface area (Å²) in [6, 6.07) is 10.8. The lowest BCUT2D eigenvalue weighted by Crippen LogP contribution is -2.22. The van der Waals surface area contributed by atoms with Crippen molar-refractivity contribution >= 4 is 29.1 Å². The number of nitrogens with zero attached hydrogens (tertiary/aromatic N) is 1. The number of halogens is 1. The Labute approximate surface area is 133 Å². The Morgan fingerprint density at radius 3 is 2.55 bits per heavy atom. The molecule has 0 heterocycles. The summed E-state index contributed by atoms with van der Waals surface area (Å²) < 4.78 is 0. The molecule has 0 unspecified atom stereocenters. The van der Waals surface area contributed by atoms with Gasteiger partial charge in [-0.25, -0.2) is 0 Å². The molecule has 0 bridgehead atoms. The first kappa shape index (κ1) is 15.9. The van der Waals surface area contributed by atoms with Gasteiger partial charge in [-0.2, -0.15) is 0 Å². The fourth-order valence-corrected chi connectivity index (χ4v) is 2.05. The van der Waals surface area contributed by atoms with Gasteiger partial charge in [0, 0.05) is 30.4 Å². The lowest BCUT2D eigenvalue weighted by atomic mass is 10.1. The molecule has 2 amide bonds. The Bertz CT molecular complexity index is 729. The quantitative estimate of drug-likeness (QED) is 0.914. The molecule has 0 aromatic heterocycles. The van der Waals surface area contributed by atoms with E-state index in [1.165, 1.54) is 23.1 Å². The van der Waals surface area contributed by atoms with Gasteiger partial charge in [-0.05, 0) is 36.4 Å². The van der Waals surface area contributed by atoms with Crippen LogP contribution < -0.4 is 5.32 Å². The molecule has 2 aromatic carbocycles. The van der Waals surface area contributed by atoms with Crippen LogP contribution in [0, 0.1) is 0 Å². The monoisotopic (exact) mass is 318 g/mol. The highest BCUT2D eigenvalue weighted by Crippen LogP contribution is 2.23. The largest absolute Gasteiger partial charge is 0.507 e. The fourth-order valence-electron chi connectivity index (χ4n) is 1.88. The number of hydrogen-bond acceptors (Lipinski definition) is 3. The summed E-state index contributed by atoms with van der Waals surface area (Å²) in [5, 5.41) is 12.7. The number of carbonyl (C=O) groups excluding carboxylic acids is 2. The van der Waals surface area contributed by atoms with Crippen LogP contribution in [0.4, 0.5) is 5.69 Å². The van der Waals surface area contributed by atoms with Crippen molar-refractivity contribution in [1.29, 1.82) is 0 Å². The first-order valence-corrected chi connectivity index (χ1v) is 6.88. The van der Waals surface area contributed by atoms with Crippen molar-refractivity contribution in [1.82, 2.24) is 4.90 Å². The van der Waals surface area contributed by atoms with Crippen molar-refractivity contribution < 1.29 is 14.7 Å². The number of anilines is 1. The van der Waals surface area contributed by atoms with Gasteiger partial charge in [-0.1, -0.05) is 17.7 Å². The minimum absolute atomic E-state index is 0.0665. The molecule has 0 aliphatic rings. The average molecular weight is 319 g/mol. The Morgan fingerprint density at radius 1 is 1.14 bits per heavy atom. The molecule has 5 nitrogen and oxygen atoms in total. The Morgan fingerprint density at radius 2 is 1.86 bits per heavy atom. The molecule has 0 radical (unpaired) electrons. The smallest absolute Gasteiger partial charge is 0.259 e. The average Bonchev–Trinajstić information content (AvgIpc) is 2.49. The van der Waals surface area contributed by atoms with E-state index in [9.17, 15) is 14.7 Å². The number of aromatic hydroxyl groups is 1. The SMILES string of the molecule is CN(C)C(=O)c1cccc(NC(=O)c2cc(Cl)ccc2O)c1. The van der Waals surface area contributed by atoms with Crippen LogP contribution in [-0.2, 0) is 0 Å². The minimum Gasteiger partial charge on any atom is -0.507 e. The molecule has 22 heavy (non-hydrogen) atoms. The molecule has 0 fully saturated rings. The van der Waals surface area contributed by atoms with Gasteiger partial charge in [0.05, 0.1) is 5.56 Å². The number of carbonyl (C=O) groups is 2. The van der Waals surface area contributed by atoms with E-state index in [0.717, 1.165) is 0 Å². The number of phenols is 1. The number of amides is 2. The van der Waals surface area contributed by atoms with Gasteiger partial charge in [0.1, 0.15) is 5.75 Å². The van der Waals surface area contributed by atoms with Gasteiger partial charge in [0.2, 0.25) is 0 Å². The molecule has 0 aliphatic heterocycles. The summed E-state index contributed by atoms with van der Waals surface area (Å²) in [7, 11) is 3.30. The van der Waals surface area contributed by atoms with Gasteiger partial charge < -0.3 is 15.3 Å². The predicted molar refractivity (Wildman–Crippen MR) is 85.5 cm³/mol. The highest BCUT2D eigenvalue weighted by atomic mass is 35.5. The van der Waals surface area contributed by atoms with Crippen molar-refractivity contribution in [2.75, 3.05) is 19.4 Å². The molecule has 6 heteroatoms. The fraction of sp³-hybridized carbons (Fsp3) is 0.125. The van der Waals surface area contributed by atoms with E-state index in [2.05, 4.69) is 5.32 Å². The maximum absolute atomic E-state index is 12.2. The van der Waals surface area contributed by atoms with Crippen LogP contribution in [0.3, 0.4) is 0 Å². The molecule has 0 spiro atoms. The van der Waals surface area contributed by atoms with E-state index in [1.807, 2.05) is 0 Å². The van der Waals surface area contributed by atoms with E-state index in [0.29, 0.717) is 16.3 Å². The Balaban J connectivity index is 2.24. The molecule has 0 saturated carbocycles. The van der Waals surface area contributed by atoms with Crippen LogP contribution in [0.1, 0.15) is 20.7 Å².